The van der Waals surface area contributed by atoms with Gasteiger partial charge in [-0.15, -0.1) is 0 Å². The Morgan fingerprint density at radius 2 is 1.22 bits per heavy atom. The largest absolute Gasteiger partial charge is 0.330 e. The second-order valence-electron chi connectivity index (χ2n) is 10.5. The summed E-state index contributed by atoms with van der Waals surface area (Å²) in [7, 11) is 0. The van der Waals surface area contributed by atoms with Crippen LogP contribution in [0, 0.1) is 11.8 Å². The van der Waals surface area contributed by atoms with E-state index in [0.29, 0.717) is 6.54 Å². The maximum atomic E-state index is 12.1. The van der Waals surface area contributed by atoms with Crippen LogP contribution >= 0.6 is 0 Å². The molecule has 4 nitrogen and oxygen atoms in total. The van der Waals surface area contributed by atoms with Crippen molar-refractivity contribution in [1.29, 1.82) is 0 Å². The first-order valence-electron chi connectivity index (χ1n) is 11.5. The first-order chi connectivity index (χ1) is 14.7. The normalized spacial score (nSPS) is 11.9. The van der Waals surface area contributed by atoms with Crippen LogP contribution in [0.5, 0.6) is 0 Å². The van der Waals surface area contributed by atoms with E-state index in [0.717, 1.165) is 28.7 Å². The fourth-order valence-electron chi connectivity index (χ4n) is 3.43. The zero-order valence-electron chi connectivity index (χ0n) is 21.2. The van der Waals surface area contributed by atoms with E-state index in [1.54, 1.807) is 0 Å². The average Bonchev–Trinajstić information content (AvgIpc) is 2.72. The van der Waals surface area contributed by atoms with E-state index in [2.05, 4.69) is 13.8 Å². The van der Waals surface area contributed by atoms with Gasteiger partial charge in [0.15, 0.2) is 11.6 Å². The summed E-state index contributed by atoms with van der Waals surface area (Å²) in [6.07, 6.45) is 0.724. The molecule has 0 heterocycles. The summed E-state index contributed by atoms with van der Waals surface area (Å²) in [6, 6.07) is 15.5. The highest BCUT2D eigenvalue weighted by Crippen LogP contribution is 2.27. The highest BCUT2D eigenvalue weighted by atomic mass is 16.1. The lowest BCUT2D eigenvalue weighted by Gasteiger charge is -2.26. The number of rotatable bonds is 8. The second-order valence-corrected chi connectivity index (χ2v) is 10.5. The Morgan fingerprint density at radius 1 is 0.781 bits per heavy atom. The molecule has 0 bridgehead atoms. The number of carbonyl (C=O) groups excluding carboxylic acids is 2. The zero-order chi connectivity index (χ0) is 24.7. The van der Waals surface area contributed by atoms with Crippen molar-refractivity contribution in [1.82, 2.24) is 0 Å². The molecule has 0 atom stereocenters. The third kappa shape index (κ3) is 7.99. The molecule has 0 aliphatic rings. The van der Waals surface area contributed by atoms with Gasteiger partial charge in [0.1, 0.15) is 0 Å². The van der Waals surface area contributed by atoms with Gasteiger partial charge in [-0.1, -0.05) is 90.1 Å². The van der Waals surface area contributed by atoms with Crippen molar-refractivity contribution in [2.75, 3.05) is 6.54 Å². The quantitative estimate of drug-likeness (QED) is 0.528. The predicted molar refractivity (Wildman–Crippen MR) is 135 cm³/mol. The molecule has 0 spiro atoms. The van der Waals surface area contributed by atoms with Crippen LogP contribution in [-0.2, 0) is 11.8 Å². The van der Waals surface area contributed by atoms with E-state index in [1.165, 1.54) is 0 Å². The standard InChI is InChI=1S/2C14H21NO/c1-10(2)13(16)11-7-5-6-8-12(11)14(3,4)9-15;1-10(2)13(16)12-8-6-5-7-11(12)9-14(3,4)15/h2*5-8,10H,9,15H2,1-4H3. The van der Waals surface area contributed by atoms with Gasteiger partial charge in [-0.05, 0) is 31.4 Å². The van der Waals surface area contributed by atoms with Crippen LogP contribution < -0.4 is 11.5 Å². The summed E-state index contributed by atoms with van der Waals surface area (Å²) in [6.45, 7) is 16.3. The van der Waals surface area contributed by atoms with Crippen LogP contribution in [0.2, 0.25) is 0 Å². The van der Waals surface area contributed by atoms with Gasteiger partial charge in [-0.25, -0.2) is 0 Å². The second kappa shape index (κ2) is 11.5. The minimum Gasteiger partial charge on any atom is -0.330 e. The van der Waals surface area contributed by atoms with Crippen molar-refractivity contribution in [3.8, 4) is 0 Å². The first-order valence-corrected chi connectivity index (χ1v) is 11.5. The Hall–Kier alpha value is -2.30. The number of benzene rings is 2. The molecule has 0 saturated heterocycles. The molecule has 0 amide bonds. The van der Waals surface area contributed by atoms with Gasteiger partial charge < -0.3 is 11.5 Å². The summed E-state index contributed by atoms with van der Waals surface area (Å²) >= 11 is 0. The van der Waals surface area contributed by atoms with Crippen molar-refractivity contribution in [3.63, 3.8) is 0 Å². The minimum atomic E-state index is -0.284. The van der Waals surface area contributed by atoms with E-state index in [1.807, 2.05) is 90.1 Å². The maximum absolute atomic E-state index is 12.1. The summed E-state index contributed by atoms with van der Waals surface area (Å²) in [5, 5.41) is 0. The molecule has 0 aliphatic heterocycles. The van der Waals surface area contributed by atoms with Crippen molar-refractivity contribution in [3.05, 3.63) is 70.8 Å². The van der Waals surface area contributed by atoms with Gasteiger partial charge in [0, 0.05) is 40.5 Å². The Morgan fingerprint density at radius 3 is 1.69 bits per heavy atom. The van der Waals surface area contributed by atoms with Gasteiger partial charge >= 0.3 is 0 Å². The number of Topliss-reactive ketones (excluding diaryl/α,β-unsaturated/α-hetero) is 2. The van der Waals surface area contributed by atoms with Crippen LogP contribution in [0.15, 0.2) is 48.5 Å². The summed E-state index contributed by atoms with van der Waals surface area (Å²) in [4.78, 5) is 24.1. The smallest absolute Gasteiger partial charge is 0.165 e. The molecule has 2 aromatic rings. The lowest BCUT2D eigenvalue weighted by Crippen LogP contribution is -2.35. The molecule has 0 saturated carbocycles. The molecule has 4 N–H and O–H groups in total. The van der Waals surface area contributed by atoms with Crippen LogP contribution in [0.3, 0.4) is 0 Å². The molecule has 176 valence electrons. The van der Waals surface area contributed by atoms with E-state index in [-0.39, 0.29) is 34.4 Å². The Kier molecular flexibility index (Phi) is 9.99. The molecule has 0 aromatic heterocycles. The van der Waals surface area contributed by atoms with Crippen molar-refractivity contribution in [2.45, 2.75) is 72.8 Å². The number of hydrogen-bond acceptors (Lipinski definition) is 4. The highest BCUT2D eigenvalue weighted by molar-refractivity contribution is 5.99. The van der Waals surface area contributed by atoms with Gasteiger partial charge in [0.25, 0.3) is 0 Å². The van der Waals surface area contributed by atoms with Crippen molar-refractivity contribution in [2.24, 2.45) is 23.3 Å². The van der Waals surface area contributed by atoms with Crippen LogP contribution in [0.1, 0.15) is 87.2 Å². The van der Waals surface area contributed by atoms with Crippen LogP contribution in [-0.4, -0.2) is 23.7 Å². The van der Waals surface area contributed by atoms with E-state index >= 15 is 0 Å². The minimum absolute atomic E-state index is 0.0229. The predicted octanol–water partition coefficient (Wildman–Crippen LogP) is 5.57. The fourth-order valence-corrected chi connectivity index (χ4v) is 3.43. The molecule has 2 rings (SSSR count). The number of ketones is 2. The first kappa shape index (κ1) is 27.7. The molecule has 0 unspecified atom stereocenters. The lowest BCUT2D eigenvalue weighted by molar-refractivity contribution is 0.0930. The topological polar surface area (TPSA) is 86.2 Å². The molecule has 32 heavy (non-hydrogen) atoms. The Balaban J connectivity index is 0.000000320. The number of carbonyl (C=O) groups is 2. The molecule has 0 radical (unpaired) electrons. The highest BCUT2D eigenvalue weighted by Gasteiger charge is 2.25. The third-order valence-corrected chi connectivity index (χ3v) is 5.41. The van der Waals surface area contributed by atoms with Crippen molar-refractivity contribution < 1.29 is 9.59 Å². The number of nitrogens with two attached hydrogens (primary N) is 2. The van der Waals surface area contributed by atoms with E-state index in [9.17, 15) is 9.59 Å². The van der Waals surface area contributed by atoms with Gasteiger partial charge in [-0.2, -0.15) is 0 Å². The molecular weight excluding hydrogens is 396 g/mol. The monoisotopic (exact) mass is 438 g/mol. The van der Waals surface area contributed by atoms with Gasteiger partial charge in [0.2, 0.25) is 0 Å². The Labute approximate surface area is 194 Å². The molecule has 2 aromatic carbocycles. The third-order valence-electron chi connectivity index (χ3n) is 5.41. The van der Waals surface area contributed by atoms with Crippen LogP contribution in [0.25, 0.3) is 0 Å². The van der Waals surface area contributed by atoms with Crippen LogP contribution in [0.4, 0.5) is 0 Å². The summed E-state index contributed by atoms with van der Waals surface area (Å²) in [5.41, 5.74) is 15.1. The maximum Gasteiger partial charge on any atom is 0.165 e. The fraction of sp³-hybridized carbons (Fsp3) is 0.500. The van der Waals surface area contributed by atoms with Crippen molar-refractivity contribution >= 4 is 11.6 Å². The molecule has 0 fully saturated rings. The Bertz CT molecular complexity index is 906. The SMILES string of the molecule is CC(C)C(=O)c1ccccc1C(C)(C)CN.CC(C)C(=O)c1ccccc1CC(C)(C)N. The van der Waals surface area contributed by atoms with E-state index in [4.69, 9.17) is 11.5 Å². The van der Waals surface area contributed by atoms with Gasteiger partial charge in [-0.3, -0.25) is 9.59 Å². The number of hydrogen-bond donors (Lipinski definition) is 2. The zero-order valence-corrected chi connectivity index (χ0v) is 21.2. The summed E-state index contributed by atoms with van der Waals surface area (Å²) < 4.78 is 0. The summed E-state index contributed by atoms with van der Waals surface area (Å²) in [5.74, 6) is 0.439. The van der Waals surface area contributed by atoms with Gasteiger partial charge in [0.05, 0.1) is 0 Å². The molecule has 4 heteroatoms. The van der Waals surface area contributed by atoms with E-state index < -0.39 is 0 Å². The average molecular weight is 439 g/mol. The lowest BCUT2D eigenvalue weighted by atomic mass is 9.80. The molecular formula is C28H42N2O2. The molecule has 0 aliphatic carbocycles.